The van der Waals surface area contributed by atoms with Gasteiger partial charge in [-0.3, -0.25) is 4.79 Å². The number of rotatable bonds is 4. The van der Waals surface area contributed by atoms with E-state index >= 15 is 0 Å². The molecule has 0 bridgehead atoms. The maximum absolute atomic E-state index is 11.0. The van der Waals surface area contributed by atoms with Crippen LogP contribution < -0.4 is 5.32 Å². The fourth-order valence-electron chi connectivity index (χ4n) is 1.61. The highest BCUT2D eigenvalue weighted by atomic mass is 16.1. The standard InChI is InChI=1S/C10H14N4O/c1-2-14-7-12-13-10(14)6-11-8-3-4-9(15)5-8/h5,7,11H,2-4,6H2,1H3. The van der Waals surface area contributed by atoms with Crippen molar-refractivity contribution >= 4 is 5.78 Å². The maximum Gasteiger partial charge on any atom is 0.157 e. The first kappa shape index (κ1) is 9.89. The van der Waals surface area contributed by atoms with Gasteiger partial charge in [-0.1, -0.05) is 0 Å². The predicted octanol–water partition coefficient (Wildman–Crippen LogP) is 0.634. The fraction of sp³-hybridized carbons (Fsp3) is 0.500. The third kappa shape index (κ3) is 2.23. The van der Waals surface area contributed by atoms with Gasteiger partial charge in [-0.05, 0) is 13.3 Å². The van der Waals surface area contributed by atoms with Crippen LogP contribution in [0, 0.1) is 0 Å². The number of carbonyl (C=O) groups is 1. The Morgan fingerprint density at radius 2 is 2.40 bits per heavy atom. The van der Waals surface area contributed by atoms with Crippen molar-refractivity contribution in [2.45, 2.75) is 32.9 Å². The zero-order valence-corrected chi connectivity index (χ0v) is 8.73. The zero-order chi connectivity index (χ0) is 10.7. The van der Waals surface area contributed by atoms with Crippen LogP contribution in [0.25, 0.3) is 0 Å². The van der Waals surface area contributed by atoms with Gasteiger partial charge in [-0.2, -0.15) is 0 Å². The van der Waals surface area contributed by atoms with Gasteiger partial charge in [0.1, 0.15) is 6.33 Å². The summed E-state index contributed by atoms with van der Waals surface area (Å²) < 4.78 is 1.98. The van der Waals surface area contributed by atoms with E-state index in [0.717, 1.165) is 24.5 Å². The van der Waals surface area contributed by atoms with Crippen molar-refractivity contribution in [3.05, 3.63) is 23.9 Å². The number of allylic oxidation sites excluding steroid dienone is 2. The molecule has 1 N–H and O–H groups in total. The summed E-state index contributed by atoms with van der Waals surface area (Å²) in [5, 5.41) is 11.1. The van der Waals surface area contributed by atoms with Crippen LogP contribution in [0.4, 0.5) is 0 Å². The molecule has 0 fully saturated rings. The van der Waals surface area contributed by atoms with Crippen molar-refractivity contribution in [3.8, 4) is 0 Å². The molecule has 0 spiro atoms. The summed E-state index contributed by atoms with van der Waals surface area (Å²) in [5.74, 6) is 1.10. The van der Waals surface area contributed by atoms with Gasteiger partial charge in [-0.15, -0.1) is 10.2 Å². The summed E-state index contributed by atoms with van der Waals surface area (Å²) in [6.45, 7) is 3.54. The summed E-state index contributed by atoms with van der Waals surface area (Å²) >= 11 is 0. The molecule has 5 heteroatoms. The molecular formula is C10H14N4O. The lowest BCUT2D eigenvalue weighted by Gasteiger charge is -2.06. The minimum atomic E-state index is 0.203. The average Bonchev–Trinajstić information content (AvgIpc) is 2.83. The van der Waals surface area contributed by atoms with Crippen molar-refractivity contribution in [2.75, 3.05) is 0 Å². The molecule has 0 atom stereocenters. The van der Waals surface area contributed by atoms with Crippen LogP contribution in [-0.4, -0.2) is 20.5 Å². The second-order valence-corrected chi connectivity index (χ2v) is 3.52. The third-order valence-electron chi connectivity index (χ3n) is 2.49. The number of hydrogen-bond acceptors (Lipinski definition) is 4. The lowest BCUT2D eigenvalue weighted by molar-refractivity contribution is -0.114. The molecule has 1 aliphatic carbocycles. The molecule has 2 rings (SSSR count). The largest absolute Gasteiger partial charge is 0.381 e. The third-order valence-corrected chi connectivity index (χ3v) is 2.49. The van der Waals surface area contributed by atoms with E-state index in [2.05, 4.69) is 15.5 Å². The van der Waals surface area contributed by atoms with Crippen LogP contribution in [0.15, 0.2) is 18.1 Å². The smallest absolute Gasteiger partial charge is 0.157 e. The first-order valence-electron chi connectivity index (χ1n) is 5.13. The van der Waals surface area contributed by atoms with Gasteiger partial charge in [0.25, 0.3) is 0 Å². The molecule has 0 saturated heterocycles. The molecule has 0 amide bonds. The highest BCUT2D eigenvalue weighted by Crippen LogP contribution is 2.12. The molecule has 15 heavy (non-hydrogen) atoms. The van der Waals surface area contributed by atoms with Gasteiger partial charge in [-0.25, -0.2) is 0 Å². The number of hydrogen-bond donors (Lipinski definition) is 1. The molecule has 1 heterocycles. The van der Waals surface area contributed by atoms with E-state index in [1.54, 1.807) is 12.4 Å². The molecule has 5 nitrogen and oxygen atoms in total. The normalized spacial score (nSPS) is 15.5. The zero-order valence-electron chi connectivity index (χ0n) is 8.73. The predicted molar refractivity (Wildman–Crippen MR) is 54.9 cm³/mol. The molecule has 1 aromatic rings. The Labute approximate surface area is 88.2 Å². The Hall–Kier alpha value is -1.65. The van der Waals surface area contributed by atoms with E-state index < -0.39 is 0 Å². The van der Waals surface area contributed by atoms with Crippen LogP contribution in [-0.2, 0) is 17.9 Å². The number of nitrogens with one attached hydrogen (secondary N) is 1. The highest BCUT2D eigenvalue weighted by Gasteiger charge is 2.12. The Morgan fingerprint density at radius 1 is 1.53 bits per heavy atom. The molecule has 1 aliphatic rings. The second-order valence-electron chi connectivity index (χ2n) is 3.52. The lowest BCUT2D eigenvalue weighted by atomic mass is 10.3. The summed E-state index contributed by atoms with van der Waals surface area (Å²) in [6, 6.07) is 0. The van der Waals surface area contributed by atoms with Gasteiger partial charge < -0.3 is 9.88 Å². The van der Waals surface area contributed by atoms with Crippen LogP contribution in [0.1, 0.15) is 25.6 Å². The van der Waals surface area contributed by atoms with Crippen molar-refractivity contribution in [2.24, 2.45) is 0 Å². The summed E-state index contributed by atoms with van der Waals surface area (Å²) in [4.78, 5) is 11.0. The molecule has 0 saturated carbocycles. The molecule has 0 unspecified atom stereocenters. The topological polar surface area (TPSA) is 59.8 Å². The quantitative estimate of drug-likeness (QED) is 0.785. The van der Waals surface area contributed by atoms with E-state index in [1.165, 1.54) is 0 Å². The maximum atomic E-state index is 11.0. The molecule has 80 valence electrons. The minimum absolute atomic E-state index is 0.203. The van der Waals surface area contributed by atoms with Crippen molar-refractivity contribution in [1.29, 1.82) is 0 Å². The Bertz CT molecular complexity index is 394. The van der Waals surface area contributed by atoms with E-state index in [9.17, 15) is 4.79 Å². The first-order valence-corrected chi connectivity index (χ1v) is 5.13. The van der Waals surface area contributed by atoms with Crippen LogP contribution in [0.2, 0.25) is 0 Å². The van der Waals surface area contributed by atoms with Gasteiger partial charge >= 0.3 is 0 Å². The fourth-order valence-corrected chi connectivity index (χ4v) is 1.61. The number of carbonyl (C=O) groups excluding carboxylic acids is 1. The van der Waals surface area contributed by atoms with Crippen molar-refractivity contribution in [3.63, 3.8) is 0 Å². The monoisotopic (exact) mass is 206 g/mol. The van der Waals surface area contributed by atoms with Gasteiger partial charge in [0.15, 0.2) is 11.6 Å². The number of nitrogens with zero attached hydrogens (tertiary/aromatic N) is 3. The Kier molecular flexibility index (Phi) is 2.80. The minimum Gasteiger partial charge on any atom is -0.381 e. The lowest BCUT2D eigenvalue weighted by Crippen LogP contribution is -2.15. The SMILES string of the molecule is CCn1cnnc1CNC1=CC(=O)CC1. The highest BCUT2D eigenvalue weighted by molar-refractivity contribution is 5.92. The van der Waals surface area contributed by atoms with E-state index in [-0.39, 0.29) is 5.78 Å². The van der Waals surface area contributed by atoms with Crippen molar-refractivity contribution < 1.29 is 4.79 Å². The van der Waals surface area contributed by atoms with Crippen molar-refractivity contribution in [1.82, 2.24) is 20.1 Å². The molecule has 0 aliphatic heterocycles. The molecule has 0 aromatic carbocycles. The second kappa shape index (κ2) is 4.25. The van der Waals surface area contributed by atoms with Gasteiger partial charge in [0.05, 0.1) is 6.54 Å². The van der Waals surface area contributed by atoms with E-state index in [1.807, 2.05) is 11.5 Å². The number of aryl methyl sites for hydroxylation is 1. The average molecular weight is 206 g/mol. The van der Waals surface area contributed by atoms with Gasteiger partial charge in [0.2, 0.25) is 0 Å². The number of ketones is 1. The van der Waals surface area contributed by atoms with Gasteiger partial charge in [0, 0.05) is 24.7 Å². The molecular weight excluding hydrogens is 192 g/mol. The van der Waals surface area contributed by atoms with Crippen LogP contribution in [0.5, 0.6) is 0 Å². The van der Waals surface area contributed by atoms with Crippen LogP contribution in [0.3, 0.4) is 0 Å². The Morgan fingerprint density at radius 3 is 3.07 bits per heavy atom. The summed E-state index contributed by atoms with van der Waals surface area (Å²) in [5.41, 5.74) is 1.01. The van der Waals surface area contributed by atoms with Crippen LogP contribution >= 0.6 is 0 Å². The molecule has 0 radical (unpaired) electrons. The van der Waals surface area contributed by atoms with E-state index in [4.69, 9.17) is 0 Å². The number of aromatic nitrogens is 3. The summed E-state index contributed by atoms with van der Waals surface area (Å²) in [6.07, 6.45) is 4.83. The Balaban J connectivity index is 1.93. The molecule has 1 aromatic heterocycles. The first-order chi connectivity index (χ1) is 7.29. The van der Waals surface area contributed by atoms with E-state index in [0.29, 0.717) is 13.0 Å². The summed E-state index contributed by atoms with van der Waals surface area (Å²) in [7, 11) is 0.